The highest BCUT2D eigenvalue weighted by Crippen LogP contribution is 2.39. The van der Waals surface area contributed by atoms with Crippen molar-refractivity contribution in [2.45, 2.75) is 43.9 Å². The Morgan fingerprint density at radius 1 is 1.18 bits per heavy atom. The van der Waals surface area contributed by atoms with Crippen LogP contribution in [0.4, 0.5) is 0 Å². The van der Waals surface area contributed by atoms with Crippen LogP contribution in [0.1, 0.15) is 26.2 Å². The van der Waals surface area contributed by atoms with Crippen LogP contribution in [-0.2, 0) is 9.47 Å². The zero-order valence-corrected chi connectivity index (χ0v) is 11.3. The summed E-state index contributed by atoms with van der Waals surface area (Å²) in [5.41, 5.74) is 6.13. The first kappa shape index (κ1) is 13.3. The van der Waals surface area contributed by atoms with Gasteiger partial charge in [0.25, 0.3) is 0 Å². The van der Waals surface area contributed by atoms with Gasteiger partial charge in [-0.1, -0.05) is 12.8 Å². The van der Waals surface area contributed by atoms with Crippen LogP contribution in [0.2, 0.25) is 0 Å². The van der Waals surface area contributed by atoms with Gasteiger partial charge in [0.05, 0.1) is 12.2 Å². The molecule has 0 aromatic rings. The van der Waals surface area contributed by atoms with Crippen LogP contribution in [0, 0.1) is 5.92 Å². The molecule has 100 valence electrons. The second kappa shape index (κ2) is 5.22. The molecule has 1 saturated carbocycles. The number of likely N-dealkylation sites (tertiary alicyclic amines) is 1. The van der Waals surface area contributed by atoms with E-state index in [1.807, 2.05) is 0 Å². The van der Waals surface area contributed by atoms with E-state index in [2.05, 4.69) is 11.8 Å². The van der Waals surface area contributed by atoms with Gasteiger partial charge < -0.3 is 15.2 Å². The van der Waals surface area contributed by atoms with Crippen molar-refractivity contribution < 1.29 is 9.47 Å². The van der Waals surface area contributed by atoms with E-state index in [1.165, 1.54) is 19.3 Å². The molecule has 2 rings (SSSR count). The summed E-state index contributed by atoms with van der Waals surface area (Å²) >= 11 is 0. The standard InChI is InChI=1S/C13H26N2O2/c1-13(9-14,6-10-4-5-10)15-7-11(16-2)12(8-15)17-3/h10-12H,4-9,14H2,1-3H3. The minimum absolute atomic E-state index is 0.116. The van der Waals surface area contributed by atoms with E-state index in [0.29, 0.717) is 0 Å². The van der Waals surface area contributed by atoms with Crippen LogP contribution in [0.15, 0.2) is 0 Å². The summed E-state index contributed by atoms with van der Waals surface area (Å²) in [6.07, 6.45) is 4.35. The second-order valence-electron chi connectivity index (χ2n) is 5.80. The zero-order chi connectivity index (χ0) is 12.5. The van der Waals surface area contributed by atoms with Crippen molar-refractivity contribution in [2.75, 3.05) is 33.9 Å². The number of ether oxygens (including phenoxy) is 2. The van der Waals surface area contributed by atoms with Crippen LogP contribution in [0.25, 0.3) is 0 Å². The molecule has 2 N–H and O–H groups in total. The molecule has 1 heterocycles. The molecule has 2 aliphatic rings. The van der Waals surface area contributed by atoms with Crippen molar-refractivity contribution in [2.24, 2.45) is 11.7 Å². The van der Waals surface area contributed by atoms with Crippen LogP contribution >= 0.6 is 0 Å². The Balaban J connectivity index is 1.99. The molecule has 0 aromatic heterocycles. The van der Waals surface area contributed by atoms with Gasteiger partial charge in [-0.05, 0) is 19.3 Å². The maximum atomic E-state index is 6.01. The topological polar surface area (TPSA) is 47.7 Å². The lowest BCUT2D eigenvalue weighted by molar-refractivity contribution is -0.00461. The lowest BCUT2D eigenvalue weighted by Crippen LogP contribution is -2.51. The Morgan fingerprint density at radius 2 is 1.71 bits per heavy atom. The van der Waals surface area contributed by atoms with Crippen LogP contribution in [0.5, 0.6) is 0 Å². The van der Waals surface area contributed by atoms with Crippen molar-refractivity contribution in [3.05, 3.63) is 0 Å². The third-order valence-corrected chi connectivity index (χ3v) is 4.45. The molecular weight excluding hydrogens is 216 g/mol. The van der Waals surface area contributed by atoms with Crippen LogP contribution in [-0.4, -0.2) is 56.5 Å². The first-order valence-electron chi connectivity index (χ1n) is 6.63. The molecule has 0 radical (unpaired) electrons. The molecule has 0 aromatic carbocycles. The van der Waals surface area contributed by atoms with Crippen molar-refractivity contribution in [3.63, 3.8) is 0 Å². The Morgan fingerprint density at radius 3 is 2.06 bits per heavy atom. The monoisotopic (exact) mass is 242 g/mol. The number of nitrogens with two attached hydrogens (primary N) is 1. The Labute approximate surface area is 104 Å². The molecule has 1 saturated heterocycles. The Kier molecular flexibility index (Phi) is 4.08. The van der Waals surface area contributed by atoms with Gasteiger partial charge in [0.15, 0.2) is 0 Å². The fourth-order valence-corrected chi connectivity index (χ4v) is 2.92. The van der Waals surface area contributed by atoms with Crippen molar-refractivity contribution in [3.8, 4) is 0 Å². The van der Waals surface area contributed by atoms with Crippen molar-refractivity contribution in [1.82, 2.24) is 4.90 Å². The van der Waals surface area contributed by atoms with Gasteiger partial charge in [0.2, 0.25) is 0 Å². The Hall–Kier alpha value is -0.160. The normalized spacial score (nSPS) is 33.9. The highest BCUT2D eigenvalue weighted by Gasteiger charge is 2.43. The summed E-state index contributed by atoms with van der Waals surface area (Å²) in [5, 5.41) is 0. The van der Waals surface area contributed by atoms with Gasteiger partial charge in [-0.2, -0.15) is 0 Å². The predicted molar refractivity (Wildman–Crippen MR) is 68.0 cm³/mol. The number of hydrogen-bond donors (Lipinski definition) is 1. The summed E-state index contributed by atoms with van der Waals surface area (Å²) in [7, 11) is 3.53. The lowest BCUT2D eigenvalue weighted by atomic mass is 9.93. The average molecular weight is 242 g/mol. The minimum Gasteiger partial charge on any atom is -0.377 e. The lowest BCUT2D eigenvalue weighted by Gasteiger charge is -2.38. The molecule has 4 heteroatoms. The maximum Gasteiger partial charge on any atom is 0.0972 e. The fourth-order valence-electron chi connectivity index (χ4n) is 2.92. The van der Waals surface area contributed by atoms with E-state index in [9.17, 15) is 0 Å². The van der Waals surface area contributed by atoms with E-state index in [4.69, 9.17) is 15.2 Å². The zero-order valence-electron chi connectivity index (χ0n) is 11.3. The van der Waals surface area contributed by atoms with Gasteiger partial charge in [-0.25, -0.2) is 0 Å². The molecule has 1 aliphatic carbocycles. The molecule has 17 heavy (non-hydrogen) atoms. The summed E-state index contributed by atoms with van der Waals surface area (Å²) < 4.78 is 11.0. The average Bonchev–Trinajstić information content (AvgIpc) is 3.04. The highest BCUT2D eigenvalue weighted by atomic mass is 16.5. The smallest absolute Gasteiger partial charge is 0.0972 e. The third kappa shape index (κ3) is 2.81. The highest BCUT2D eigenvalue weighted by molar-refractivity contribution is 4.99. The number of nitrogens with zero attached hydrogens (tertiary/aromatic N) is 1. The molecule has 0 bridgehead atoms. The van der Waals surface area contributed by atoms with E-state index in [1.54, 1.807) is 14.2 Å². The molecule has 1 aliphatic heterocycles. The fraction of sp³-hybridized carbons (Fsp3) is 1.00. The first-order chi connectivity index (χ1) is 8.12. The Bertz CT molecular complexity index is 246. The molecule has 3 atom stereocenters. The molecule has 0 spiro atoms. The molecule has 3 unspecified atom stereocenters. The van der Waals surface area contributed by atoms with Gasteiger partial charge in [-0.3, -0.25) is 4.90 Å². The second-order valence-corrected chi connectivity index (χ2v) is 5.80. The quantitative estimate of drug-likeness (QED) is 0.750. The van der Waals surface area contributed by atoms with E-state index in [0.717, 1.165) is 25.6 Å². The molecule has 2 fully saturated rings. The van der Waals surface area contributed by atoms with Crippen LogP contribution < -0.4 is 5.73 Å². The van der Waals surface area contributed by atoms with Gasteiger partial charge >= 0.3 is 0 Å². The van der Waals surface area contributed by atoms with Crippen LogP contribution in [0.3, 0.4) is 0 Å². The van der Waals surface area contributed by atoms with Gasteiger partial charge in [0.1, 0.15) is 0 Å². The van der Waals surface area contributed by atoms with Crippen molar-refractivity contribution >= 4 is 0 Å². The van der Waals surface area contributed by atoms with Gasteiger partial charge in [0, 0.05) is 39.4 Å². The molecule has 0 amide bonds. The predicted octanol–water partition coefficient (Wildman–Crippen LogP) is 0.849. The summed E-state index contributed by atoms with van der Waals surface area (Å²) in [4.78, 5) is 2.47. The first-order valence-corrected chi connectivity index (χ1v) is 6.63. The van der Waals surface area contributed by atoms with E-state index < -0.39 is 0 Å². The number of hydrogen-bond acceptors (Lipinski definition) is 4. The van der Waals surface area contributed by atoms with E-state index in [-0.39, 0.29) is 17.7 Å². The van der Waals surface area contributed by atoms with Crippen molar-refractivity contribution in [1.29, 1.82) is 0 Å². The maximum absolute atomic E-state index is 6.01. The molecule has 4 nitrogen and oxygen atoms in total. The SMILES string of the molecule is COC1CN(C(C)(CN)CC2CC2)CC1OC. The number of methoxy groups -OCH3 is 2. The van der Waals surface area contributed by atoms with E-state index >= 15 is 0 Å². The third-order valence-electron chi connectivity index (χ3n) is 4.45. The van der Waals surface area contributed by atoms with Gasteiger partial charge in [-0.15, -0.1) is 0 Å². The minimum atomic E-state index is 0.116. The summed E-state index contributed by atoms with van der Waals surface area (Å²) in [6.45, 7) is 4.89. The number of rotatable bonds is 6. The molecular formula is C13H26N2O2. The largest absolute Gasteiger partial charge is 0.377 e. The summed E-state index contributed by atoms with van der Waals surface area (Å²) in [6, 6.07) is 0. The summed E-state index contributed by atoms with van der Waals surface area (Å²) in [5.74, 6) is 0.895.